The zero-order valence-corrected chi connectivity index (χ0v) is 12.2. The van der Waals surface area contributed by atoms with Crippen molar-refractivity contribution in [1.29, 1.82) is 0 Å². The first kappa shape index (κ1) is 16.4. The Bertz CT molecular complexity index is 205. The van der Waals surface area contributed by atoms with Crippen LogP contribution in [0.15, 0.2) is 0 Å². The molecule has 0 radical (unpaired) electrons. The topological polar surface area (TPSA) is 44.4 Å². The molecule has 1 atom stereocenters. The Kier molecular flexibility index (Phi) is 8.17. The number of nitrogens with zero attached hydrogens (tertiary/aromatic N) is 1. The second-order valence-electron chi connectivity index (χ2n) is 5.69. The van der Waals surface area contributed by atoms with Gasteiger partial charge in [0.1, 0.15) is 0 Å². The van der Waals surface area contributed by atoms with Crippen LogP contribution in [0.3, 0.4) is 0 Å². The van der Waals surface area contributed by atoms with Gasteiger partial charge in [0.15, 0.2) is 0 Å². The van der Waals surface area contributed by atoms with Gasteiger partial charge in [0.05, 0.1) is 6.54 Å². The van der Waals surface area contributed by atoms with E-state index in [2.05, 4.69) is 43.5 Å². The lowest BCUT2D eigenvalue weighted by Gasteiger charge is -2.24. The molecule has 0 aliphatic heterocycles. The summed E-state index contributed by atoms with van der Waals surface area (Å²) in [6, 6.07) is 0.588. The van der Waals surface area contributed by atoms with Crippen molar-refractivity contribution in [1.82, 2.24) is 15.5 Å². The third kappa shape index (κ3) is 10.3. The third-order valence-electron chi connectivity index (χ3n) is 2.34. The molecular formula is C13H29N3O. The third-order valence-corrected chi connectivity index (χ3v) is 2.34. The van der Waals surface area contributed by atoms with E-state index < -0.39 is 0 Å². The molecule has 0 aromatic heterocycles. The van der Waals surface area contributed by atoms with E-state index in [0.717, 1.165) is 13.0 Å². The van der Waals surface area contributed by atoms with Crippen LogP contribution in [0.2, 0.25) is 0 Å². The molecule has 0 heterocycles. The number of carbonyl (C=O) groups excluding carboxylic acids is 1. The summed E-state index contributed by atoms with van der Waals surface area (Å²) in [6.45, 7) is 9.74. The molecule has 0 saturated heterocycles. The predicted molar refractivity (Wildman–Crippen MR) is 73.1 cm³/mol. The molecule has 0 aromatic carbocycles. The largest absolute Gasteiger partial charge is 0.353 e. The van der Waals surface area contributed by atoms with Gasteiger partial charge in [-0.3, -0.25) is 4.79 Å². The van der Waals surface area contributed by atoms with E-state index in [-0.39, 0.29) is 11.9 Å². The van der Waals surface area contributed by atoms with Gasteiger partial charge in [0, 0.05) is 18.6 Å². The number of hydrogen-bond acceptors (Lipinski definition) is 3. The fourth-order valence-corrected chi connectivity index (χ4v) is 1.84. The maximum Gasteiger partial charge on any atom is 0.234 e. The number of nitrogens with one attached hydrogen (secondary N) is 2. The molecule has 0 bridgehead atoms. The summed E-state index contributed by atoms with van der Waals surface area (Å²) in [6.07, 6.45) is 1.09. The average Bonchev–Trinajstić information content (AvgIpc) is 2.11. The summed E-state index contributed by atoms with van der Waals surface area (Å²) < 4.78 is 0. The van der Waals surface area contributed by atoms with E-state index in [4.69, 9.17) is 0 Å². The lowest BCUT2D eigenvalue weighted by atomic mass is 10.0. The zero-order chi connectivity index (χ0) is 13.4. The minimum atomic E-state index is 0.0764. The molecule has 1 amide bonds. The molecule has 0 spiro atoms. The highest BCUT2D eigenvalue weighted by atomic mass is 16.1. The molecule has 0 aromatic rings. The summed E-state index contributed by atoms with van der Waals surface area (Å²) in [5.41, 5.74) is 0. The molecule has 4 nitrogen and oxygen atoms in total. The van der Waals surface area contributed by atoms with Gasteiger partial charge < -0.3 is 15.5 Å². The maximum atomic E-state index is 11.5. The minimum absolute atomic E-state index is 0.0764. The van der Waals surface area contributed by atoms with E-state index in [9.17, 15) is 4.79 Å². The van der Waals surface area contributed by atoms with Crippen molar-refractivity contribution in [2.75, 3.05) is 27.2 Å². The van der Waals surface area contributed by atoms with Crippen LogP contribution in [0.4, 0.5) is 0 Å². The summed E-state index contributed by atoms with van der Waals surface area (Å²) in [5, 5.41) is 6.22. The van der Waals surface area contributed by atoms with Crippen LogP contribution in [0.25, 0.3) is 0 Å². The molecule has 17 heavy (non-hydrogen) atoms. The lowest BCUT2D eigenvalue weighted by molar-refractivity contribution is -0.120. The van der Waals surface area contributed by atoms with Gasteiger partial charge in [-0.15, -0.1) is 0 Å². The fraction of sp³-hybridized carbons (Fsp3) is 0.923. The first-order valence-electron chi connectivity index (χ1n) is 6.48. The Balaban J connectivity index is 4.01. The molecular weight excluding hydrogens is 214 g/mol. The van der Waals surface area contributed by atoms with Crippen LogP contribution >= 0.6 is 0 Å². The van der Waals surface area contributed by atoms with Crippen molar-refractivity contribution in [3.05, 3.63) is 0 Å². The maximum absolute atomic E-state index is 11.5. The molecule has 0 aliphatic carbocycles. The van der Waals surface area contributed by atoms with Gasteiger partial charge in [-0.05, 0) is 40.3 Å². The molecule has 4 heteroatoms. The van der Waals surface area contributed by atoms with Gasteiger partial charge in [0.2, 0.25) is 5.91 Å². The van der Waals surface area contributed by atoms with E-state index >= 15 is 0 Å². The highest BCUT2D eigenvalue weighted by Gasteiger charge is 2.13. The highest BCUT2D eigenvalue weighted by molar-refractivity contribution is 5.78. The number of likely N-dealkylation sites (N-methyl/N-ethyl adjacent to an activating group) is 1. The fourth-order valence-electron chi connectivity index (χ4n) is 1.84. The standard InChI is InChI=1S/C13H29N3O/c1-10(2)7-12(9-16(5)6)14-8-13(17)15-11(3)4/h10-12,14H,7-9H2,1-6H3,(H,15,17). The van der Waals surface area contributed by atoms with Crippen molar-refractivity contribution in [3.63, 3.8) is 0 Å². The van der Waals surface area contributed by atoms with Gasteiger partial charge in [-0.25, -0.2) is 0 Å². The van der Waals surface area contributed by atoms with Crippen LogP contribution < -0.4 is 10.6 Å². The van der Waals surface area contributed by atoms with E-state index in [1.54, 1.807) is 0 Å². The quantitative estimate of drug-likeness (QED) is 0.670. The van der Waals surface area contributed by atoms with Gasteiger partial charge in [-0.1, -0.05) is 13.8 Å². The first-order valence-corrected chi connectivity index (χ1v) is 6.48. The zero-order valence-electron chi connectivity index (χ0n) is 12.2. The summed E-state index contributed by atoms with van der Waals surface area (Å²) >= 11 is 0. The lowest BCUT2D eigenvalue weighted by Crippen LogP contribution is -2.45. The van der Waals surface area contributed by atoms with E-state index in [0.29, 0.717) is 18.5 Å². The molecule has 1 unspecified atom stereocenters. The first-order chi connectivity index (χ1) is 7.81. The minimum Gasteiger partial charge on any atom is -0.353 e. The van der Waals surface area contributed by atoms with Gasteiger partial charge >= 0.3 is 0 Å². The summed E-state index contributed by atoms with van der Waals surface area (Å²) in [5.74, 6) is 0.716. The number of carbonyl (C=O) groups is 1. The Hall–Kier alpha value is -0.610. The van der Waals surface area contributed by atoms with Crippen molar-refractivity contribution in [2.24, 2.45) is 5.92 Å². The smallest absolute Gasteiger partial charge is 0.234 e. The predicted octanol–water partition coefficient (Wildman–Crippen LogP) is 1.08. The number of rotatable bonds is 8. The SMILES string of the molecule is CC(C)CC(CN(C)C)NCC(=O)NC(C)C. The number of amides is 1. The Morgan fingerprint density at radius 3 is 2.18 bits per heavy atom. The van der Waals surface area contributed by atoms with Crippen molar-refractivity contribution >= 4 is 5.91 Å². The average molecular weight is 243 g/mol. The van der Waals surface area contributed by atoms with Crippen LogP contribution in [-0.4, -0.2) is 50.1 Å². The van der Waals surface area contributed by atoms with Gasteiger partial charge in [0.25, 0.3) is 0 Å². The molecule has 0 aliphatic rings. The van der Waals surface area contributed by atoms with Crippen molar-refractivity contribution < 1.29 is 4.79 Å². The van der Waals surface area contributed by atoms with Crippen LogP contribution in [0.5, 0.6) is 0 Å². The second-order valence-corrected chi connectivity index (χ2v) is 5.69. The van der Waals surface area contributed by atoms with Crippen LogP contribution in [-0.2, 0) is 4.79 Å². The van der Waals surface area contributed by atoms with E-state index in [1.165, 1.54) is 0 Å². The normalized spacial score (nSPS) is 13.5. The second kappa shape index (κ2) is 8.48. The Morgan fingerprint density at radius 1 is 1.18 bits per heavy atom. The Morgan fingerprint density at radius 2 is 1.76 bits per heavy atom. The van der Waals surface area contributed by atoms with E-state index in [1.807, 2.05) is 13.8 Å². The molecule has 0 fully saturated rings. The molecule has 102 valence electrons. The van der Waals surface area contributed by atoms with Crippen molar-refractivity contribution in [3.8, 4) is 0 Å². The van der Waals surface area contributed by atoms with Gasteiger partial charge in [-0.2, -0.15) is 0 Å². The van der Waals surface area contributed by atoms with Crippen molar-refractivity contribution in [2.45, 2.75) is 46.2 Å². The van der Waals surface area contributed by atoms with Crippen LogP contribution in [0, 0.1) is 5.92 Å². The summed E-state index contributed by atoms with van der Waals surface area (Å²) in [4.78, 5) is 13.7. The monoisotopic (exact) mass is 243 g/mol. The molecule has 2 N–H and O–H groups in total. The molecule has 0 rings (SSSR count). The summed E-state index contributed by atoms with van der Waals surface area (Å²) in [7, 11) is 4.12. The number of hydrogen-bond donors (Lipinski definition) is 2. The van der Waals surface area contributed by atoms with Crippen LogP contribution in [0.1, 0.15) is 34.1 Å². The molecule has 0 saturated carbocycles. The Labute approximate surface area is 106 Å². The highest BCUT2D eigenvalue weighted by Crippen LogP contribution is 2.05.